The molecule has 2 aliphatic heterocycles. The number of hydrogen-bond donors (Lipinski definition) is 1. The largest absolute Gasteiger partial charge is 0.494 e. The van der Waals surface area contributed by atoms with Crippen molar-refractivity contribution in [2.75, 3.05) is 19.7 Å². The fraction of sp³-hybridized carbons (Fsp3) is 0.400. The van der Waals surface area contributed by atoms with Crippen molar-refractivity contribution in [1.82, 2.24) is 15.1 Å². The van der Waals surface area contributed by atoms with E-state index in [1.807, 2.05) is 39.0 Å². The number of likely N-dealkylation sites (tertiary alicyclic amines) is 1. The number of ether oxygens (including phenoxy) is 1. The molecule has 4 amide bonds. The van der Waals surface area contributed by atoms with E-state index in [-0.39, 0.29) is 24.9 Å². The molecule has 2 heterocycles. The predicted octanol–water partition coefficient (Wildman–Crippen LogP) is 3.43. The number of nitrogens with zero attached hydrogens (tertiary/aromatic N) is 2. The first-order chi connectivity index (χ1) is 15.3. The molecule has 0 saturated carbocycles. The van der Waals surface area contributed by atoms with Gasteiger partial charge in [-0.3, -0.25) is 14.5 Å². The molecule has 1 atom stereocenters. The molecule has 1 spiro atoms. The number of amides is 4. The van der Waals surface area contributed by atoms with Gasteiger partial charge in [-0.15, -0.1) is 0 Å². The van der Waals surface area contributed by atoms with E-state index in [1.54, 1.807) is 29.2 Å². The number of imide groups is 1. The highest BCUT2D eigenvalue weighted by atomic mass is 16.5. The zero-order valence-corrected chi connectivity index (χ0v) is 18.8. The smallest absolute Gasteiger partial charge is 0.325 e. The van der Waals surface area contributed by atoms with E-state index in [1.165, 1.54) is 4.90 Å². The first-order valence-corrected chi connectivity index (χ1v) is 11.1. The summed E-state index contributed by atoms with van der Waals surface area (Å²) in [5, 5.41) is 2.91. The van der Waals surface area contributed by atoms with Gasteiger partial charge in [-0.2, -0.15) is 0 Å². The summed E-state index contributed by atoms with van der Waals surface area (Å²) < 4.78 is 5.44. The monoisotopic (exact) mass is 435 g/mol. The van der Waals surface area contributed by atoms with Crippen LogP contribution in [0.3, 0.4) is 0 Å². The van der Waals surface area contributed by atoms with E-state index in [0.29, 0.717) is 37.3 Å². The lowest BCUT2D eigenvalue weighted by Crippen LogP contribution is -2.59. The molecule has 1 N–H and O–H groups in total. The highest BCUT2D eigenvalue weighted by Gasteiger charge is 2.53. The maximum Gasteiger partial charge on any atom is 0.325 e. The molecule has 2 aromatic rings. The number of nitrogens with one attached hydrogen (secondary N) is 1. The van der Waals surface area contributed by atoms with Crippen LogP contribution in [0.4, 0.5) is 4.79 Å². The van der Waals surface area contributed by atoms with E-state index >= 15 is 0 Å². The van der Waals surface area contributed by atoms with Crippen LogP contribution < -0.4 is 10.1 Å². The minimum Gasteiger partial charge on any atom is -0.494 e. The fourth-order valence-corrected chi connectivity index (χ4v) is 4.51. The maximum atomic E-state index is 13.4. The molecule has 4 rings (SSSR count). The zero-order valence-electron chi connectivity index (χ0n) is 18.8. The van der Waals surface area contributed by atoms with Crippen LogP contribution in [-0.4, -0.2) is 52.9 Å². The SMILES string of the molecule is CCOc1ccc(C(=O)N2CCC[C@]3(C2)NC(=O)N(Cc2cc(C)ccc2C)C3=O)cc1. The van der Waals surface area contributed by atoms with Gasteiger partial charge in [0.15, 0.2) is 0 Å². The zero-order chi connectivity index (χ0) is 22.9. The van der Waals surface area contributed by atoms with Crippen LogP contribution in [0.2, 0.25) is 0 Å². The summed E-state index contributed by atoms with van der Waals surface area (Å²) in [7, 11) is 0. The second-order valence-electron chi connectivity index (χ2n) is 8.62. The van der Waals surface area contributed by atoms with Crippen LogP contribution >= 0.6 is 0 Å². The molecule has 2 saturated heterocycles. The van der Waals surface area contributed by atoms with Crippen molar-refractivity contribution >= 4 is 17.8 Å². The molecular weight excluding hydrogens is 406 g/mol. The lowest BCUT2D eigenvalue weighted by molar-refractivity contribution is -0.133. The Kier molecular flexibility index (Phi) is 5.91. The first-order valence-electron chi connectivity index (χ1n) is 11.1. The average molecular weight is 436 g/mol. The molecule has 0 aliphatic carbocycles. The van der Waals surface area contributed by atoms with E-state index in [4.69, 9.17) is 4.74 Å². The van der Waals surface area contributed by atoms with Gasteiger partial charge in [0.2, 0.25) is 0 Å². The normalized spacial score (nSPS) is 20.6. The standard InChI is InChI=1S/C25H29N3O4/c1-4-32-21-10-8-19(9-11-21)22(29)27-13-5-12-25(16-27)23(30)28(24(31)26-25)15-20-14-17(2)6-7-18(20)3/h6-11,14H,4-5,12-13,15-16H2,1-3H3,(H,26,31)/t25-/m1/s1. The molecule has 2 aliphatic rings. The van der Waals surface area contributed by atoms with Gasteiger partial charge in [-0.25, -0.2) is 4.79 Å². The van der Waals surface area contributed by atoms with Gasteiger partial charge in [0.05, 0.1) is 19.7 Å². The second kappa shape index (κ2) is 8.65. The number of aryl methyl sites for hydroxylation is 2. The summed E-state index contributed by atoms with van der Waals surface area (Å²) in [6.45, 7) is 7.38. The Morgan fingerprint density at radius 3 is 2.59 bits per heavy atom. The van der Waals surface area contributed by atoms with Crippen molar-refractivity contribution in [2.45, 2.75) is 45.7 Å². The van der Waals surface area contributed by atoms with Crippen molar-refractivity contribution in [2.24, 2.45) is 0 Å². The molecule has 2 aromatic carbocycles. The summed E-state index contributed by atoms with van der Waals surface area (Å²) in [5.41, 5.74) is 2.54. The van der Waals surface area contributed by atoms with Crippen molar-refractivity contribution in [3.05, 3.63) is 64.7 Å². The summed E-state index contributed by atoms with van der Waals surface area (Å²) in [6, 6.07) is 12.6. The number of carbonyl (C=O) groups is 3. The summed E-state index contributed by atoms with van der Waals surface area (Å²) in [5.74, 6) is 0.300. The summed E-state index contributed by atoms with van der Waals surface area (Å²) in [4.78, 5) is 42.2. The highest BCUT2D eigenvalue weighted by molar-refractivity contribution is 6.07. The third kappa shape index (κ3) is 4.07. The number of urea groups is 1. The Morgan fingerprint density at radius 2 is 1.88 bits per heavy atom. The molecule has 32 heavy (non-hydrogen) atoms. The lowest BCUT2D eigenvalue weighted by Gasteiger charge is -2.38. The molecule has 0 bridgehead atoms. The Bertz CT molecular complexity index is 1050. The number of piperidine rings is 1. The van der Waals surface area contributed by atoms with Gasteiger partial charge in [-0.05, 0) is 69.0 Å². The van der Waals surface area contributed by atoms with Gasteiger partial charge in [0.1, 0.15) is 11.3 Å². The van der Waals surface area contributed by atoms with Crippen LogP contribution in [0.1, 0.15) is 46.8 Å². The van der Waals surface area contributed by atoms with Crippen LogP contribution in [0.25, 0.3) is 0 Å². The third-order valence-electron chi connectivity index (χ3n) is 6.27. The Labute approximate surface area is 188 Å². The molecule has 0 aromatic heterocycles. The molecule has 2 fully saturated rings. The summed E-state index contributed by atoms with van der Waals surface area (Å²) in [6.07, 6.45) is 1.17. The molecular formula is C25H29N3O4. The van der Waals surface area contributed by atoms with Gasteiger partial charge in [-0.1, -0.05) is 23.8 Å². The van der Waals surface area contributed by atoms with Gasteiger partial charge in [0.25, 0.3) is 11.8 Å². The van der Waals surface area contributed by atoms with E-state index in [9.17, 15) is 14.4 Å². The average Bonchev–Trinajstić information content (AvgIpc) is 3.00. The van der Waals surface area contributed by atoms with Crippen molar-refractivity contribution < 1.29 is 19.1 Å². The van der Waals surface area contributed by atoms with Crippen LogP contribution in [0.15, 0.2) is 42.5 Å². The number of carbonyl (C=O) groups excluding carboxylic acids is 3. The second-order valence-corrected chi connectivity index (χ2v) is 8.62. The van der Waals surface area contributed by atoms with Gasteiger partial charge < -0.3 is 15.0 Å². The first kappa shape index (κ1) is 21.9. The molecule has 7 heteroatoms. The third-order valence-corrected chi connectivity index (χ3v) is 6.27. The fourth-order valence-electron chi connectivity index (χ4n) is 4.51. The predicted molar refractivity (Wildman–Crippen MR) is 120 cm³/mol. The minimum absolute atomic E-state index is 0.151. The Morgan fingerprint density at radius 1 is 1.12 bits per heavy atom. The summed E-state index contributed by atoms with van der Waals surface area (Å²) >= 11 is 0. The van der Waals surface area contributed by atoms with Crippen molar-refractivity contribution in [1.29, 1.82) is 0 Å². The number of rotatable bonds is 5. The van der Waals surface area contributed by atoms with Crippen molar-refractivity contribution in [3.8, 4) is 5.75 Å². The van der Waals surface area contributed by atoms with Crippen molar-refractivity contribution in [3.63, 3.8) is 0 Å². The van der Waals surface area contributed by atoms with E-state index in [0.717, 1.165) is 16.7 Å². The lowest BCUT2D eigenvalue weighted by atomic mass is 9.88. The molecule has 7 nitrogen and oxygen atoms in total. The Balaban J connectivity index is 1.51. The van der Waals surface area contributed by atoms with E-state index < -0.39 is 11.6 Å². The molecule has 0 radical (unpaired) electrons. The van der Waals surface area contributed by atoms with Crippen LogP contribution in [-0.2, 0) is 11.3 Å². The van der Waals surface area contributed by atoms with Crippen LogP contribution in [0.5, 0.6) is 5.75 Å². The van der Waals surface area contributed by atoms with Gasteiger partial charge in [0, 0.05) is 12.1 Å². The maximum absolute atomic E-state index is 13.4. The Hall–Kier alpha value is -3.35. The number of hydrogen-bond acceptors (Lipinski definition) is 4. The quantitative estimate of drug-likeness (QED) is 0.730. The molecule has 0 unspecified atom stereocenters. The topological polar surface area (TPSA) is 79.0 Å². The molecule has 168 valence electrons. The highest BCUT2D eigenvalue weighted by Crippen LogP contribution is 2.31. The number of benzene rings is 2. The van der Waals surface area contributed by atoms with Gasteiger partial charge >= 0.3 is 6.03 Å². The van der Waals surface area contributed by atoms with Crippen LogP contribution in [0, 0.1) is 13.8 Å². The minimum atomic E-state index is -1.06. The van der Waals surface area contributed by atoms with E-state index in [2.05, 4.69) is 5.32 Å².